The predicted molar refractivity (Wildman–Crippen MR) is 149 cm³/mol. The van der Waals surface area contributed by atoms with Crippen molar-refractivity contribution in [2.45, 2.75) is 20.3 Å². The number of nitrogens with zero attached hydrogens (tertiary/aromatic N) is 2. The van der Waals surface area contributed by atoms with Crippen molar-refractivity contribution in [3.8, 4) is 22.8 Å². The average molecular weight is 503 g/mol. The molecular formula is C28H43FN4O3. The molecule has 3 N–H and O–H groups in total. The number of aliphatic hydroxyl groups excluding tert-OH is 1. The summed E-state index contributed by atoms with van der Waals surface area (Å²) in [7, 11) is 7.09. The number of hydrogen-bond donors (Lipinski definition) is 3. The summed E-state index contributed by atoms with van der Waals surface area (Å²) in [6.07, 6.45) is 0.910. The van der Waals surface area contributed by atoms with E-state index in [2.05, 4.69) is 15.5 Å². The van der Waals surface area contributed by atoms with Gasteiger partial charge in [-0.3, -0.25) is 0 Å². The summed E-state index contributed by atoms with van der Waals surface area (Å²) in [6, 6.07) is 13.0. The smallest absolute Gasteiger partial charge is 0.165 e. The van der Waals surface area contributed by atoms with Gasteiger partial charge < -0.3 is 30.1 Å². The summed E-state index contributed by atoms with van der Waals surface area (Å²) >= 11 is 0. The fraction of sp³-hybridized carbons (Fsp3) is 0.464. The van der Waals surface area contributed by atoms with Crippen molar-refractivity contribution < 1.29 is 20.4 Å². The van der Waals surface area contributed by atoms with E-state index >= 15 is 0 Å². The van der Waals surface area contributed by atoms with Gasteiger partial charge in [-0.2, -0.15) is 0 Å². The third-order valence-corrected chi connectivity index (χ3v) is 5.72. The number of fused-ring (bicyclic) bond motifs is 1. The molecule has 0 bridgehead atoms. The van der Waals surface area contributed by atoms with Gasteiger partial charge in [-0.05, 0) is 64.0 Å². The van der Waals surface area contributed by atoms with Crippen LogP contribution in [-0.4, -0.2) is 71.2 Å². The molecule has 1 saturated heterocycles. The van der Waals surface area contributed by atoms with Crippen molar-refractivity contribution in [3.05, 3.63) is 48.3 Å². The molecule has 36 heavy (non-hydrogen) atoms. The van der Waals surface area contributed by atoms with Crippen LogP contribution in [0.25, 0.3) is 22.2 Å². The number of nitrogens with one attached hydrogen (secondary N) is 2. The SMILES string of the molecule is CC.CNC.CNCCOc1ccc(-c2cc(N3CC[C@H](CO)C3)c3cc(F)c(OC)cc3n2)cc1.[HH]. The van der Waals surface area contributed by atoms with Crippen LogP contribution in [0.15, 0.2) is 42.5 Å². The molecule has 2 heterocycles. The summed E-state index contributed by atoms with van der Waals surface area (Å²) < 4.78 is 25.4. The summed E-state index contributed by atoms with van der Waals surface area (Å²) in [5, 5.41) is 16.1. The Kier molecular flexibility index (Phi) is 12.4. The maximum absolute atomic E-state index is 14.5. The zero-order valence-corrected chi connectivity index (χ0v) is 22.4. The lowest BCUT2D eigenvalue weighted by Gasteiger charge is -2.22. The molecule has 1 fully saturated rings. The highest BCUT2D eigenvalue weighted by Gasteiger charge is 2.25. The highest BCUT2D eigenvalue weighted by molar-refractivity contribution is 5.95. The number of methoxy groups -OCH3 is 1. The van der Waals surface area contributed by atoms with E-state index < -0.39 is 5.82 Å². The van der Waals surface area contributed by atoms with Gasteiger partial charge in [-0.15, -0.1) is 0 Å². The van der Waals surface area contributed by atoms with Crippen LogP contribution < -0.4 is 25.0 Å². The third kappa shape index (κ3) is 7.53. The lowest BCUT2D eigenvalue weighted by atomic mass is 10.1. The van der Waals surface area contributed by atoms with Gasteiger partial charge in [0.15, 0.2) is 11.6 Å². The molecule has 0 saturated carbocycles. The van der Waals surface area contributed by atoms with Crippen LogP contribution in [0, 0.1) is 11.7 Å². The number of hydrogen-bond acceptors (Lipinski definition) is 7. The third-order valence-electron chi connectivity index (χ3n) is 5.72. The van der Waals surface area contributed by atoms with Crippen LogP contribution in [-0.2, 0) is 0 Å². The molecule has 8 heteroatoms. The van der Waals surface area contributed by atoms with E-state index in [1.54, 1.807) is 6.07 Å². The first-order valence-corrected chi connectivity index (χ1v) is 12.5. The molecule has 0 unspecified atom stereocenters. The first kappa shape index (κ1) is 29.3. The van der Waals surface area contributed by atoms with Crippen molar-refractivity contribution in [1.29, 1.82) is 0 Å². The number of aromatic nitrogens is 1. The number of pyridine rings is 1. The normalized spacial score (nSPS) is 14.6. The zero-order chi connectivity index (χ0) is 26.5. The Labute approximate surface area is 216 Å². The Morgan fingerprint density at radius 3 is 2.42 bits per heavy atom. The van der Waals surface area contributed by atoms with E-state index in [1.165, 1.54) is 13.2 Å². The van der Waals surface area contributed by atoms with E-state index in [0.717, 1.165) is 54.1 Å². The lowest BCUT2D eigenvalue weighted by Crippen LogP contribution is -2.21. The molecule has 1 aliphatic heterocycles. The average Bonchev–Trinajstić information content (AvgIpc) is 3.39. The van der Waals surface area contributed by atoms with Crippen molar-refractivity contribution in [2.24, 2.45) is 5.92 Å². The fourth-order valence-corrected chi connectivity index (χ4v) is 3.97. The second-order valence-corrected chi connectivity index (χ2v) is 8.29. The van der Waals surface area contributed by atoms with Crippen molar-refractivity contribution in [3.63, 3.8) is 0 Å². The van der Waals surface area contributed by atoms with Crippen LogP contribution in [0.2, 0.25) is 0 Å². The number of halogens is 1. The minimum atomic E-state index is -0.410. The lowest BCUT2D eigenvalue weighted by molar-refractivity contribution is 0.238. The van der Waals surface area contributed by atoms with Crippen LogP contribution in [0.3, 0.4) is 0 Å². The molecule has 200 valence electrons. The zero-order valence-electron chi connectivity index (χ0n) is 22.4. The fourth-order valence-electron chi connectivity index (χ4n) is 3.97. The molecule has 1 aliphatic rings. The molecule has 3 aromatic rings. The standard InChI is InChI=1S/C24H28FN3O3.C2H7N.C2H6.H2/c1-26-8-10-31-18-5-3-17(4-6-18)21-12-23(28-9-7-16(14-28)15-29)19-11-20(25)24(30-2)13-22(19)27-21;1-3-2;1-2;/h3-6,11-13,16,26,29H,7-10,14-15H2,1-2H3;3H,1-2H3;1-2H3;1H/t16-;;;/m0.../s1. The van der Waals surface area contributed by atoms with Gasteiger partial charge in [0, 0.05) is 56.3 Å². The molecule has 1 aromatic heterocycles. The summed E-state index contributed by atoms with van der Waals surface area (Å²) in [6.45, 7) is 7.08. The molecule has 0 radical (unpaired) electrons. The summed E-state index contributed by atoms with van der Waals surface area (Å²) in [5.74, 6) is 0.788. The largest absolute Gasteiger partial charge is 0.494 e. The van der Waals surface area contributed by atoms with Gasteiger partial charge in [0.25, 0.3) is 0 Å². The molecular weight excluding hydrogens is 459 g/mol. The van der Waals surface area contributed by atoms with Crippen molar-refractivity contribution in [1.82, 2.24) is 15.6 Å². The second-order valence-electron chi connectivity index (χ2n) is 8.29. The maximum Gasteiger partial charge on any atom is 0.165 e. The quantitative estimate of drug-likeness (QED) is 0.389. The number of aliphatic hydroxyl groups is 1. The van der Waals surface area contributed by atoms with E-state index in [-0.39, 0.29) is 19.7 Å². The molecule has 1 atom stereocenters. The Bertz CT molecular complexity index is 1070. The maximum atomic E-state index is 14.5. The van der Waals surface area contributed by atoms with Crippen molar-refractivity contribution in [2.75, 3.05) is 66.0 Å². The Morgan fingerprint density at radius 1 is 1.14 bits per heavy atom. The van der Waals surface area contributed by atoms with Crippen molar-refractivity contribution >= 4 is 16.6 Å². The Morgan fingerprint density at radius 2 is 1.83 bits per heavy atom. The molecule has 0 aliphatic carbocycles. The van der Waals surface area contributed by atoms with Gasteiger partial charge >= 0.3 is 0 Å². The highest BCUT2D eigenvalue weighted by atomic mass is 19.1. The Balaban J connectivity index is 0.00000106. The molecule has 7 nitrogen and oxygen atoms in total. The monoisotopic (exact) mass is 502 g/mol. The van der Waals surface area contributed by atoms with E-state index in [9.17, 15) is 9.50 Å². The van der Waals surface area contributed by atoms with Crippen LogP contribution >= 0.6 is 0 Å². The van der Waals surface area contributed by atoms with Gasteiger partial charge in [0.05, 0.1) is 18.3 Å². The first-order chi connectivity index (χ1) is 17.5. The number of anilines is 1. The van der Waals surface area contributed by atoms with E-state index in [4.69, 9.17) is 14.5 Å². The van der Waals surface area contributed by atoms with Gasteiger partial charge in [0.1, 0.15) is 12.4 Å². The van der Waals surface area contributed by atoms with Crippen LogP contribution in [0.1, 0.15) is 21.7 Å². The Hall–Kier alpha value is -2.94. The van der Waals surface area contributed by atoms with E-state index in [0.29, 0.717) is 12.1 Å². The summed E-state index contributed by atoms with van der Waals surface area (Å²) in [5.41, 5.74) is 3.34. The molecule has 4 rings (SSSR count). The molecule has 0 spiro atoms. The first-order valence-electron chi connectivity index (χ1n) is 12.5. The second kappa shape index (κ2) is 15.2. The van der Waals surface area contributed by atoms with Gasteiger partial charge in [0.2, 0.25) is 0 Å². The number of ether oxygens (including phenoxy) is 2. The highest BCUT2D eigenvalue weighted by Crippen LogP contribution is 2.36. The van der Waals surface area contributed by atoms with E-state index in [1.807, 2.05) is 65.3 Å². The molecule has 0 amide bonds. The predicted octanol–water partition coefficient (Wildman–Crippen LogP) is 4.57. The number of benzene rings is 2. The topological polar surface area (TPSA) is 78.9 Å². The number of rotatable bonds is 8. The summed E-state index contributed by atoms with van der Waals surface area (Å²) in [4.78, 5) is 7.00. The van der Waals surface area contributed by atoms with Gasteiger partial charge in [-0.25, -0.2) is 9.37 Å². The minimum Gasteiger partial charge on any atom is -0.494 e. The van der Waals surface area contributed by atoms with Crippen LogP contribution in [0.4, 0.5) is 10.1 Å². The van der Waals surface area contributed by atoms with Gasteiger partial charge in [-0.1, -0.05) is 13.8 Å². The minimum absolute atomic E-state index is 0. The molecule has 2 aromatic carbocycles. The van der Waals surface area contributed by atoms with Crippen LogP contribution in [0.5, 0.6) is 11.5 Å². The number of likely N-dealkylation sites (N-methyl/N-ethyl adjacent to an activating group) is 1.